The monoisotopic (exact) mass is 212 g/mol. The molecule has 1 aromatic carbocycles. The van der Waals surface area contributed by atoms with Gasteiger partial charge < -0.3 is 5.73 Å². The summed E-state index contributed by atoms with van der Waals surface area (Å²) in [6.07, 6.45) is 1.82. The molecule has 0 atom stereocenters. The molecule has 0 unspecified atom stereocenters. The molecule has 1 aromatic rings. The van der Waals surface area contributed by atoms with E-state index in [4.69, 9.17) is 5.73 Å². The number of amidine groups is 1. The van der Waals surface area contributed by atoms with Gasteiger partial charge in [0, 0.05) is 13.0 Å². The molecule has 1 rings (SSSR count). The van der Waals surface area contributed by atoms with Crippen molar-refractivity contribution in [1.82, 2.24) is 0 Å². The average molecular weight is 213 g/mol. The van der Waals surface area contributed by atoms with Crippen LogP contribution in [-0.4, -0.2) is 12.4 Å². The summed E-state index contributed by atoms with van der Waals surface area (Å²) >= 11 is 0. The Hall–Kier alpha value is -1.02. The van der Waals surface area contributed by atoms with Crippen LogP contribution in [0.3, 0.4) is 0 Å². The highest BCUT2D eigenvalue weighted by molar-refractivity contribution is 5.85. The van der Waals surface area contributed by atoms with Crippen LogP contribution in [0, 0.1) is 0 Å². The molecule has 78 valence electrons. The second-order valence-electron chi connectivity index (χ2n) is 3.04. The van der Waals surface area contributed by atoms with E-state index in [9.17, 15) is 0 Å². The van der Waals surface area contributed by atoms with E-state index in [2.05, 4.69) is 24.0 Å². The van der Waals surface area contributed by atoms with Gasteiger partial charge in [-0.2, -0.15) is 0 Å². The van der Waals surface area contributed by atoms with Crippen LogP contribution in [0.5, 0.6) is 0 Å². The van der Waals surface area contributed by atoms with E-state index in [0.29, 0.717) is 0 Å². The minimum absolute atomic E-state index is 0. The van der Waals surface area contributed by atoms with Crippen LogP contribution in [0.2, 0.25) is 0 Å². The molecule has 0 aliphatic heterocycles. The van der Waals surface area contributed by atoms with E-state index >= 15 is 0 Å². The van der Waals surface area contributed by atoms with Crippen molar-refractivity contribution in [2.24, 2.45) is 10.7 Å². The SMILES string of the molecule is CCCN=C(N)Cc1ccccc1.Cl. The summed E-state index contributed by atoms with van der Waals surface area (Å²) in [5.41, 5.74) is 6.96. The molecule has 0 bridgehead atoms. The Morgan fingerprint density at radius 2 is 1.93 bits per heavy atom. The van der Waals surface area contributed by atoms with Crippen LogP contribution in [0.4, 0.5) is 0 Å². The van der Waals surface area contributed by atoms with Gasteiger partial charge in [-0.25, -0.2) is 0 Å². The van der Waals surface area contributed by atoms with Gasteiger partial charge in [0.25, 0.3) is 0 Å². The van der Waals surface area contributed by atoms with Crippen molar-refractivity contribution in [3.63, 3.8) is 0 Å². The lowest BCUT2D eigenvalue weighted by molar-refractivity contribution is 0.924. The first-order chi connectivity index (χ1) is 6.33. The zero-order chi connectivity index (χ0) is 9.52. The van der Waals surface area contributed by atoms with Crippen LogP contribution >= 0.6 is 12.4 Å². The quantitative estimate of drug-likeness (QED) is 0.604. The highest BCUT2D eigenvalue weighted by Crippen LogP contribution is 1.99. The number of nitrogens with two attached hydrogens (primary N) is 1. The minimum atomic E-state index is 0. The van der Waals surface area contributed by atoms with Crippen LogP contribution in [0.1, 0.15) is 18.9 Å². The fourth-order valence-corrected chi connectivity index (χ4v) is 1.12. The third-order valence-corrected chi connectivity index (χ3v) is 1.77. The molecule has 0 heterocycles. The Labute approximate surface area is 91.6 Å². The molecule has 0 radical (unpaired) electrons. The van der Waals surface area contributed by atoms with Crippen molar-refractivity contribution in [2.45, 2.75) is 19.8 Å². The van der Waals surface area contributed by atoms with Crippen LogP contribution in [0.15, 0.2) is 35.3 Å². The van der Waals surface area contributed by atoms with Crippen LogP contribution in [0.25, 0.3) is 0 Å². The maximum absolute atomic E-state index is 5.74. The summed E-state index contributed by atoms with van der Waals surface area (Å²) in [4.78, 5) is 4.23. The van der Waals surface area contributed by atoms with Gasteiger partial charge in [0.1, 0.15) is 0 Å². The predicted octanol–water partition coefficient (Wildman–Crippen LogP) is 2.42. The van der Waals surface area contributed by atoms with Gasteiger partial charge in [-0.15, -0.1) is 12.4 Å². The van der Waals surface area contributed by atoms with E-state index in [-0.39, 0.29) is 12.4 Å². The summed E-state index contributed by atoms with van der Waals surface area (Å²) in [6.45, 7) is 2.93. The van der Waals surface area contributed by atoms with Gasteiger partial charge in [-0.05, 0) is 12.0 Å². The van der Waals surface area contributed by atoms with Crippen molar-refractivity contribution in [2.75, 3.05) is 6.54 Å². The number of benzene rings is 1. The second-order valence-corrected chi connectivity index (χ2v) is 3.04. The molecule has 0 aromatic heterocycles. The molecule has 0 amide bonds. The number of halogens is 1. The largest absolute Gasteiger partial charge is 0.387 e. The summed E-state index contributed by atoms with van der Waals surface area (Å²) in [7, 11) is 0. The van der Waals surface area contributed by atoms with Crippen molar-refractivity contribution in [3.8, 4) is 0 Å². The molecule has 2 N–H and O–H groups in total. The highest BCUT2D eigenvalue weighted by Gasteiger charge is 1.94. The Morgan fingerprint density at radius 1 is 1.29 bits per heavy atom. The van der Waals surface area contributed by atoms with Crippen LogP contribution in [-0.2, 0) is 6.42 Å². The van der Waals surface area contributed by atoms with Crippen molar-refractivity contribution >= 4 is 18.2 Å². The number of hydrogen-bond donors (Lipinski definition) is 1. The van der Waals surface area contributed by atoms with E-state index in [1.165, 1.54) is 5.56 Å². The molecule has 0 saturated heterocycles. The van der Waals surface area contributed by atoms with E-state index in [1.807, 2.05) is 18.2 Å². The molecule has 0 aliphatic rings. The lowest BCUT2D eigenvalue weighted by Gasteiger charge is -2.00. The predicted molar refractivity (Wildman–Crippen MR) is 64.2 cm³/mol. The smallest absolute Gasteiger partial charge is 0.0981 e. The molecule has 0 aliphatic carbocycles. The summed E-state index contributed by atoms with van der Waals surface area (Å²) in [6, 6.07) is 10.2. The van der Waals surface area contributed by atoms with E-state index in [0.717, 1.165) is 25.2 Å². The van der Waals surface area contributed by atoms with Crippen molar-refractivity contribution in [1.29, 1.82) is 0 Å². The van der Waals surface area contributed by atoms with Gasteiger partial charge in [0.05, 0.1) is 5.84 Å². The Morgan fingerprint density at radius 3 is 2.50 bits per heavy atom. The fourth-order valence-electron chi connectivity index (χ4n) is 1.12. The van der Waals surface area contributed by atoms with Gasteiger partial charge in [-0.1, -0.05) is 37.3 Å². The molecule has 0 saturated carbocycles. The number of rotatable bonds is 4. The van der Waals surface area contributed by atoms with Gasteiger partial charge in [0.2, 0.25) is 0 Å². The zero-order valence-corrected chi connectivity index (χ0v) is 9.26. The Kier molecular flexibility index (Phi) is 6.85. The average Bonchev–Trinajstić information content (AvgIpc) is 2.16. The molecular formula is C11H17ClN2. The van der Waals surface area contributed by atoms with Crippen LogP contribution < -0.4 is 5.73 Å². The molecule has 14 heavy (non-hydrogen) atoms. The summed E-state index contributed by atoms with van der Waals surface area (Å²) < 4.78 is 0. The molecule has 0 fully saturated rings. The Balaban J connectivity index is 0.00000169. The topological polar surface area (TPSA) is 38.4 Å². The highest BCUT2D eigenvalue weighted by atomic mass is 35.5. The third kappa shape index (κ3) is 4.87. The minimum Gasteiger partial charge on any atom is -0.387 e. The molecule has 2 nitrogen and oxygen atoms in total. The zero-order valence-electron chi connectivity index (χ0n) is 8.44. The first-order valence-electron chi connectivity index (χ1n) is 4.65. The Bertz CT molecular complexity index is 270. The van der Waals surface area contributed by atoms with Gasteiger partial charge in [0.15, 0.2) is 0 Å². The van der Waals surface area contributed by atoms with E-state index in [1.54, 1.807) is 0 Å². The maximum atomic E-state index is 5.74. The fraction of sp³-hybridized carbons (Fsp3) is 0.364. The lowest BCUT2D eigenvalue weighted by atomic mass is 10.1. The number of aliphatic imine (C=N–C) groups is 1. The normalized spacial score (nSPS) is 10.8. The van der Waals surface area contributed by atoms with Crippen molar-refractivity contribution in [3.05, 3.63) is 35.9 Å². The number of hydrogen-bond acceptors (Lipinski definition) is 1. The summed E-state index contributed by atoms with van der Waals surface area (Å²) in [5.74, 6) is 0.730. The standard InChI is InChI=1S/C11H16N2.ClH/c1-2-8-13-11(12)9-10-6-4-3-5-7-10;/h3-7H,2,8-9H2,1H3,(H2,12,13);1H. The molecule has 3 heteroatoms. The lowest BCUT2D eigenvalue weighted by Crippen LogP contribution is -2.15. The third-order valence-electron chi connectivity index (χ3n) is 1.77. The van der Waals surface area contributed by atoms with Gasteiger partial charge in [-0.3, -0.25) is 4.99 Å². The van der Waals surface area contributed by atoms with E-state index < -0.39 is 0 Å². The molecule has 0 spiro atoms. The first kappa shape index (κ1) is 13.0. The maximum Gasteiger partial charge on any atom is 0.0981 e. The first-order valence-corrected chi connectivity index (χ1v) is 4.65. The van der Waals surface area contributed by atoms with Crippen molar-refractivity contribution < 1.29 is 0 Å². The molecular weight excluding hydrogens is 196 g/mol. The number of nitrogens with zero attached hydrogens (tertiary/aromatic N) is 1. The van der Waals surface area contributed by atoms with Gasteiger partial charge >= 0.3 is 0 Å². The summed E-state index contributed by atoms with van der Waals surface area (Å²) in [5, 5.41) is 0. The second kappa shape index (κ2) is 7.39.